The smallest absolute Gasteiger partial charge is 0.177 e. The third kappa shape index (κ3) is 3.36. The van der Waals surface area contributed by atoms with Gasteiger partial charge in [0.2, 0.25) is 0 Å². The maximum absolute atomic E-state index is 6.03. The van der Waals surface area contributed by atoms with Crippen LogP contribution in [-0.4, -0.2) is 20.6 Å². The zero-order valence-corrected chi connectivity index (χ0v) is 14.7. The monoisotopic (exact) mass is 351 g/mol. The summed E-state index contributed by atoms with van der Waals surface area (Å²) in [5, 5.41) is 7.80. The molecule has 136 valence electrons. The van der Waals surface area contributed by atoms with Crippen molar-refractivity contribution in [1.29, 1.82) is 0 Å². The van der Waals surface area contributed by atoms with Gasteiger partial charge < -0.3 is 22.5 Å². The lowest BCUT2D eigenvalue weighted by atomic mass is 9.85. The van der Waals surface area contributed by atoms with Crippen molar-refractivity contribution in [3.63, 3.8) is 0 Å². The first-order chi connectivity index (χ1) is 12.6. The fourth-order valence-electron chi connectivity index (χ4n) is 3.65. The number of fused-ring (bicyclic) bond motifs is 1. The molecule has 0 bridgehead atoms. The minimum absolute atomic E-state index is 0.323. The second-order valence-electron chi connectivity index (χ2n) is 7.06. The highest BCUT2D eigenvalue weighted by atomic mass is 15.3. The Balaban J connectivity index is 1.67. The Kier molecular flexibility index (Phi) is 4.48. The molecule has 26 heavy (non-hydrogen) atoms. The molecule has 0 radical (unpaired) electrons. The van der Waals surface area contributed by atoms with Crippen LogP contribution in [0.4, 0.5) is 17.2 Å². The summed E-state index contributed by atoms with van der Waals surface area (Å²) in [5.74, 6) is 0.885. The maximum atomic E-state index is 6.03. The lowest BCUT2D eigenvalue weighted by molar-refractivity contribution is 0.391. The number of aromatic nitrogens is 3. The summed E-state index contributed by atoms with van der Waals surface area (Å²) in [4.78, 5) is 4.86. The van der Waals surface area contributed by atoms with Gasteiger partial charge in [0.15, 0.2) is 5.65 Å². The van der Waals surface area contributed by atoms with Gasteiger partial charge in [-0.3, -0.25) is 0 Å². The average Bonchev–Trinajstić information content (AvgIpc) is 3.06. The van der Waals surface area contributed by atoms with E-state index in [-0.39, 0.29) is 0 Å². The second kappa shape index (κ2) is 6.93. The van der Waals surface area contributed by atoms with E-state index in [0.717, 1.165) is 54.0 Å². The molecular formula is C19H25N7. The van der Waals surface area contributed by atoms with Crippen LogP contribution in [0, 0.1) is 0 Å². The fourth-order valence-corrected chi connectivity index (χ4v) is 3.65. The second-order valence-corrected chi connectivity index (χ2v) is 7.06. The van der Waals surface area contributed by atoms with Crippen molar-refractivity contribution in [1.82, 2.24) is 14.6 Å². The van der Waals surface area contributed by atoms with Gasteiger partial charge >= 0.3 is 0 Å². The average molecular weight is 351 g/mol. The SMILES string of the molecule is NCc1cccc(Nc2cc(N)nn3cc([C@H]4CC[C@H](N)CC4)nc23)c1. The van der Waals surface area contributed by atoms with Crippen molar-refractivity contribution >= 4 is 22.8 Å². The lowest BCUT2D eigenvalue weighted by Gasteiger charge is -2.24. The lowest BCUT2D eigenvalue weighted by Crippen LogP contribution is -2.25. The van der Waals surface area contributed by atoms with Crippen LogP contribution in [0.25, 0.3) is 5.65 Å². The topological polar surface area (TPSA) is 120 Å². The van der Waals surface area contributed by atoms with E-state index in [0.29, 0.717) is 24.3 Å². The number of nitrogens with zero attached hydrogens (tertiary/aromatic N) is 3. The predicted octanol–water partition coefficient (Wildman–Crippen LogP) is 2.50. The van der Waals surface area contributed by atoms with Crippen LogP contribution in [-0.2, 0) is 6.54 Å². The van der Waals surface area contributed by atoms with E-state index in [1.54, 1.807) is 4.52 Å². The van der Waals surface area contributed by atoms with Crippen molar-refractivity contribution in [2.75, 3.05) is 11.1 Å². The van der Waals surface area contributed by atoms with Gasteiger partial charge in [0.25, 0.3) is 0 Å². The van der Waals surface area contributed by atoms with Crippen LogP contribution in [0.5, 0.6) is 0 Å². The van der Waals surface area contributed by atoms with E-state index in [4.69, 9.17) is 22.2 Å². The summed E-state index contributed by atoms with van der Waals surface area (Å²) in [7, 11) is 0. The minimum Gasteiger partial charge on any atom is -0.382 e. The number of hydrogen-bond donors (Lipinski definition) is 4. The summed E-state index contributed by atoms with van der Waals surface area (Å²) in [6.45, 7) is 0.501. The molecule has 0 amide bonds. The van der Waals surface area contributed by atoms with Gasteiger partial charge in [0.05, 0.1) is 17.6 Å². The maximum Gasteiger partial charge on any atom is 0.177 e. The number of hydrogen-bond acceptors (Lipinski definition) is 6. The summed E-state index contributed by atoms with van der Waals surface area (Å²) in [6.07, 6.45) is 6.23. The Morgan fingerprint density at radius 1 is 1.15 bits per heavy atom. The van der Waals surface area contributed by atoms with Crippen molar-refractivity contribution < 1.29 is 0 Å². The molecule has 2 aromatic heterocycles. The van der Waals surface area contributed by atoms with Gasteiger partial charge in [0.1, 0.15) is 5.82 Å². The third-order valence-corrected chi connectivity index (χ3v) is 5.09. The molecule has 7 nitrogen and oxygen atoms in total. The predicted molar refractivity (Wildman–Crippen MR) is 104 cm³/mol. The van der Waals surface area contributed by atoms with Gasteiger partial charge in [-0.25, -0.2) is 9.50 Å². The summed E-state index contributed by atoms with van der Waals surface area (Å²) < 4.78 is 1.77. The normalized spacial score (nSPS) is 20.4. The fraction of sp³-hybridized carbons (Fsp3) is 0.368. The number of imidazole rings is 1. The zero-order chi connectivity index (χ0) is 18.1. The molecule has 7 N–H and O–H groups in total. The number of anilines is 3. The van der Waals surface area contributed by atoms with Gasteiger partial charge in [-0.2, -0.15) is 0 Å². The zero-order valence-electron chi connectivity index (χ0n) is 14.7. The molecule has 1 aliphatic carbocycles. The van der Waals surface area contributed by atoms with E-state index >= 15 is 0 Å². The van der Waals surface area contributed by atoms with Crippen LogP contribution in [0.1, 0.15) is 42.9 Å². The van der Waals surface area contributed by atoms with E-state index < -0.39 is 0 Å². The number of rotatable bonds is 4. The van der Waals surface area contributed by atoms with Crippen molar-refractivity contribution in [3.8, 4) is 0 Å². The highest BCUT2D eigenvalue weighted by Gasteiger charge is 2.23. The number of nitrogens with one attached hydrogen (secondary N) is 1. The first-order valence-corrected chi connectivity index (χ1v) is 9.10. The summed E-state index contributed by atoms with van der Waals surface area (Å²) in [6, 6.07) is 10.2. The molecule has 2 heterocycles. The highest BCUT2D eigenvalue weighted by Crippen LogP contribution is 2.33. The molecular weight excluding hydrogens is 326 g/mol. The first kappa shape index (κ1) is 16.8. The van der Waals surface area contributed by atoms with Crippen molar-refractivity contribution in [3.05, 3.63) is 47.8 Å². The Morgan fingerprint density at radius 2 is 1.96 bits per heavy atom. The summed E-state index contributed by atoms with van der Waals surface area (Å²) in [5.41, 5.74) is 22.5. The van der Waals surface area contributed by atoms with Crippen LogP contribution in [0.2, 0.25) is 0 Å². The van der Waals surface area contributed by atoms with Gasteiger partial charge in [-0.15, -0.1) is 5.10 Å². The van der Waals surface area contributed by atoms with Crippen LogP contribution in [0.15, 0.2) is 36.5 Å². The molecule has 1 fully saturated rings. The molecule has 1 aliphatic rings. The van der Waals surface area contributed by atoms with Crippen LogP contribution < -0.4 is 22.5 Å². The quantitative estimate of drug-likeness (QED) is 0.573. The van der Waals surface area contributed by atoms with Crippen LogP contribution >= 0.6 is 0 Å². The molecule has 7 heteroatoms. The Hall–Kier alpha value is -2.64. The Bertz CT molecular complexity index is 909. The molecule has 0 unspecified atom stereocenters. The van der Waals surface area contributed by atoms with Gasteiger partial charge in [-0.1, -0.05) is 12.1 Å². The highest BCUT2D eigenvalue weighted by molar-refractivity contribution is 5.75. The molecule has 1 saturated carbocycles. The molecule has 0 spiro atoms. The number of benzene rings is 1. The van der Waals surface area contributed by atoms with Gasteiger partial charge in [-0.05, 0) is 43.4 Å². The van der Waals surface area contributed by atoms with E-state index in [2.05, 4.69) is 10.4 Å². The molecule has 0 saturated heterocycles. The number of nitrogens with two attached hydrogens (primary N) is 3. The third-order valence-electron chi connectivity index (χ3n) is 5.09. The van der Waals surface area contributed by atoms with Crippen LogP contribution in [0.3, 0.4) is 0 Å². The minimum atomic E-state index is 0.323. The first-order valence-electron chi connectivity index (χ1n) is 9.10. The molecule has 0 atom stereocenters. The van der Waals surface area contributed by atoms with E-state index in [1.165, 1.54) is 0 Å². The van der Waals surface area contributed by atoms with Crippen molar-refractivity contribution in [2.45, 2.75) is 44.2 Å². The van der Waals surface area contributed by atoms with E-state index in [9.17, 15) is 0 Å². The molecule has 3 aromatic rings. The Morgan fingerprint density at radius 3 is 2.73 bits per heavy atom. The Labute approximate surface area is 152 Å². The molecule has 1 aromatic carbocycles. The van der Waals surface area contributed by atoms with Gasteiger partial charge in [0, 0.05) is 30.3 Å². The molecule has 0 aliphatic heterocycles. The van der Waals surface area contributed by atoms with E-state index in [1.807, 2.05) is 36.5 Å². The van der Waals surface area contributed by atoms with Crippen molar-refractivity contribution in [2.24, 2.45) is 11.5 Å². The molecule has 4 rings (SSSR count). The summed E-state index contributed by atoms with van der Waals surface area (Å²) >= 11 is 0. The largest absolute Gasteiger partial charge is 0.382 e. The number of nitrogen functional groups attached to an aromatic ring is 1. The standard InChI is InChI=1S/C19H25N7/c20-10-12-2-1-3-15(8-12)23-16-9-18(22)25-26-11-17(24-19(16)26)13-4-6-14(21)7-5-13/h1-3,8-9,11,13-14,23H,4-7,10,20-21H2,(H2,22,25)/t13-,14-.